The lowest BCUT2D eigenvalue weighted by Crippen LogP contribution is -2.61. The van der Waals surface area contributed by atoms with Gasteiger partial charge in [-0.25, -0.2) is 9.18 Å². The number of amides is 1. The van der Waals surface area contributed by atoms with Gasteiger partial charge in [0.15, 0.2) is 0 Å². The van der Waals surface area contributed by atoms with Crippen molar-refractivity contribution >= 4 is 5.91 Å². The van der Waals surface area contributed by atoms with E-state index in [0.717, 1.165) is 37.1 Å². The normalized spacial score (nSPS) is 17.9. The second-order valence-corrected chi connectivity index (χ2v) is 5.09. The zero-order valence-electron chi connectivity index (χ0n) is 10.8. The van der Waals surface area contributed by atoms with Gasteiger partial charge in [0.25, 0.3) is 0 Å². The van der Waals surface area contributed by atoms with Crippen LogP contribution in [-0.4, -0.2) is 30.4 Å². The molecule has 3 nitrogen and oxygen atoms in total. The van der Waals surface area contributed by atoms with Crippen LogP contribution in [0, 0.1) is 12.7 Å². The summed E-state index contributed by atoms with van der Waals surface area (Å²) in [6.07, 6.45) is 1.97. The Balaban J connectivity index is 2.01. The first-order chi connectivity index (χ1) is 8.56. The van der Waals surface area contributed by atoms with E-state index in [1.165, 1.54) is 6.07 Å². The van der Waals surface area contributed by atoms with E-state index in [4.69, 9.17) is 0 Å². The highest BCUT2D eigenvalue weighted by Crippen LogP contribution is 2.30. The van der Waals surface area contributed by atoms with Crippen molar-refractivity contribution in [3.63, 3.8) is 0 Å². The number of hydrogen-bond acceptors (Lipinski definition) is 2. The summed E-state index contributed by atoms with van der Waals surface area (Å²) in [5, 5.41) is 0. The summed E-state index contributed by atoms with van der Waals surface area (Å²) in [6.45, 7) is 4.25. The predicted molar refractivity (Wildman–Crippen MR) is 67.4 cm³/mol. The van der Waals surface area contributed by atoms with E-state index in [-0.39, 0.29) is 11.7 Å². The van der Waals surface area contributed by atoms with E-state index in [1.807, 2.05) is 13.0 Å². The maximum Gasteiger partial charge on any atom is 0.322 e. The molecule has 3 N–H and O–H groups in total. The minimum Gasteiger partial charge on any atom is -0.293 e. The highest BCUT2D eigenvalue weighted by atomic mass is 19.1. The fourth-order valence-corrected chi connectivity index (χ4v) is 2.70. The average Bonchev–Trinajstić information content (AvgIpc) is 2.33. The van der Waals surface area contributed by atoms with Crippen molar-refractivity contribution in [3.8, 4) is 0 Å². The van der Waals surface area contributed by atoms with Gasteiger partial charge in [0.1, 0.15) is 12.4 Å². The molecular formula is C14H20FN2O+. The molecular weight excluding hydrogens is 231 g/mol. The van der Waals surface area contributed by atoms with E-state index < -0.39 is 0 Å². The molecule has 0 bridgehead atoms. The van der Waals surface area contributed by atoms with Crippen molar-refractivity contribution in [3.05, 3.63) is 35.1 Å². The molecule has 98 valence electrons. The Morgan fingerprint density at radius 1 is 1.44 bits per heavy atom. The monoisotopic (exact) mass is 251 g/mol. The van der Waals surface area contributed by atoms with Crippen molar-refractivity contribution in [1.82, 2.24) is 4.90 Å². The lowest BCUT2D eigenvalue weighted by Gasteiger charge is -2.31. The Morgan fingerprint density at radius 2 is 2.11 bits per heavy atom. The van der Waals surface area contributed by atoms with Gasteiger partial charge in [-0.1, -0.05) is 6.07 Å². The molecule has 0 atom stereocenters. The Bertz CT molecular complexity index is 439. The van der Waals surface area contributed by atoms with Gasteiger partial charge in [-0.15, -0.1) is 0 Å². The van der Waals surface area contributed by atoms with E-state index in [0.29, 0.717) is 12.5 Å². The number of benzene rings is 1. The number of quaternary nitrogens is 1. The van der Waals surface area contributed by atoms with E-state index in [1.54, 1.807) is 6.07 Å². The summed E-state index contributed by atoms with van der Waals surface area (Å²) in [7, 11) is 0. The van der Waals surface area contributed by atoms with E-state index in [9.17, 15) is 9.18 Å². The number of halogens is 1. The fraction of sp³-hybridized carbons (Fsp3) is 0.500. The van der Waals surface area contributed by atoms with Crippen LogP contribution in [0.5, 0.6) is 0 Å². The highest BCUT2D eigenvalue weighted by molar-refractivity contribution is 5.66. The summed E-state index contributed by atoms with van der Waals surface area (Å²) in [5.74, 6) is 0.221. The SMILES string of the molecule is Cc1ccc(F)cc1C1CCN(CC([NH3+])=O)CC1. The van der Waals surface area contributed by atoms with Gasteiger partial charge in [-0.3, -0.25) is 10.6 Å². The van der Waals surface area contributed by atoms with Gasteiger partial charge in [0.2, 0.25) is 0 Å². The zero-order valence-corrected chi connectivity index (χ0v) is 10.8. The first-order valence-electron chi connectivity index (χ1n) is 6.39. The van der Waals surface area contributed by atoms with Crippen molar-refractivity contribution in [2.24, 2.45) is 0 Å². The second kappa shape index (κ2) is 5.59. The van der Waals surface area contributed by atoms with E-state index >= 15 is 0 Å². The van der Waals surface area contributed by atoms with Crippen LogP contribution in [0.3, 0.4) is 0 Å². The summed E-state index contributed by atoms with van der Waals surface area (Å²) < 4.78 is 13.3. The number of rotatable bonds is 3. The number of nitrogens with zero attached hydrogens (tertiary/aromatic N) is 1. The maximum absolute atomic E-state index is 13.3. The summed E-state index contributed by atoms with van der Waals surface area (Å²) in [5.41, 5.74) is 5.68. The number of piperidine rings is 1. The molecule has 1 aromatic carbocycles. The third-order valence-electron chi connectivity index (χ3n) is 3.67. The molecule has 1 amide bonds. The molecule has 4 heteroatoms. The molecule has 0 aromatic heterocycles. The van der Waals surface area contributed by atoms with Crippen LogP contribution < -0.4 is 5.73 Å². The minimum absolute atomic E-state index is 0.0320. The molecule has 1 aromatic rings. The van der Waals surface area contributed by atoms with Gasteiger partial charge in [-0.05, 0) is 62.0 Å². The third-order valence-corrected chi connectivity index (χ3v) is 3.67. The lowest BCUT2D eigenvalue weighted by molar-refractivity contribution is -0.306. The standard InChI is InChI=1S/C14H19FN2O/c1-10-2-3-12(15)8-13(10)11-4-6-17(7-5-11)9-14(16)18/h2-3,8,11H,4-7,9H2,1H3,(H2,16,18)/p+1. The molecule has 1 fully saturated rings. The zero-order chi connectivity index (χ0) is 13.1. The van der Waals surface area contributed by atoms with Gasteiger partial charge in [0.05, 0.1) is 0 Å². The fourth-order valence-electron chi connectivity index (χ4n) is 2.70. The van der Waals surface area contributed by atoms with Crippen molar-refractivity contribution in [2.75, 3.05) is 19.6 Å². The molecule has 1 heterocycles. The Kier molecular flexibility index (Phi) is 4.09. The number of carbonyl (C=O) groups excluding carboxylic acids is 1. The van der Waals surface area contributed by atoms with Crippen LogP contribution in [0.25, 0.3) is 0 Å². The van der Waals surface area contributed by atoms with Crippen LogP contribution in [0.15, 0.2) is 18.2 Å². The summed E-state index contributed by atoms with van der Waals surface area (Å²) in [6, 6.07) is 5.01. The van der Waals surface area contributed by atoms with E-state index in [2.05, 4.69) is 10.6 Å². The maximum atomic E-state index is 13.3. The van der Waals surface area contributed by atoms with Crippen molar-refractivity contribution in [1.29, 1.82) is 0 Å². The Labute approximate surface area is 107 Å². The Hall–Kier alpha value is -1.26. The van der Waals surface area contributed by atoms with Crippen LogP contribution in [0.4, 0.5) is 4.39 Å². The predicted octanol–water partition coefficient (Wildman–Crippen LogP) is 1.08. The van der Waals surface area contributed by atoms with Crippen molar-refractivity contribution < 1.29 is 14.9 Å². The molecule has 0 aliphatic carbocycles. The average molecular weight is 251 g/mol. The molecule has 1 aliphatic rings. The minimum atomic E-state index is -0.161. The molecule has 0 spiro atoms. The number of carbonyl (C=O) groups is 1. The first kappa shape index (κ1) is 13.2. The van der Waals surface area contributed by atoms with Crippen LogP contribution >= 0.6 is 0 Å². The van der Waals surface area contributed by atoms with Gasteiger partial charge in [-0.2, -0.15) is 0 Å². The van der Waals surface area contributed by atoms with Gasteiger partial charge < -0.3 is 0 Å². The first-order valence-corrected chi connectivity index (χ1v) is 6.39. The topological polar surface area (TPSA) is 48.0 Å². The number of hydrogen-bond donors (Lipinski definition) is 1. The molecule has 1 aliphatic heterocycles. The molecule has 0 saturated carbocycles. The number of aryl methyl sites for hydroxylation is 1. The molecule has 18 heavy (non-hydrogen) atoms. The number of likely N-dealkylation sites (tertiary alicyclic amines) is 1. The third kappa shape index (κ3) is 3.15. The molecule has 1 saturated heterocycles. The molecule has 0 unspecified atom stereocenters. The second-order valence-electron chi connectivity index (χ2n) is 5.09. The van der Waals surface area contributed by atoms with Crippen LogP contribution in [-0.2, 0) is 4.79 Å². The van der Waals surface area contributed by atoms with Crippen molar-refractivity contribution in [2.45, 2.75) is 25.7 Å². The molecule has 2 rings (SSSR count). The van der Waals surface area contributed by atoms with Crippen LogP contribution in [0.2, 0.25) is 0 Å². The summed E-state index contributed by atoms with van der Waals surface area (Å²) in [4.78, 5) is 13.1. The highest BCUT2D eigenvalue weighted by Gasteiger charge is 2.23. The summed E-state index contributed by atoms with van der Waals surface area (Å²) >= 11 is 0. The lowest BCUT2D eigenvalue weighted by atomic mass is 9.87. The molecule has 0 radical (unpaired) electrons. The Morgan fingerprint density at radius 3 is 2.72 bits per heavy atom. The van der Waals surface area contributed by atoms with Crippen LogP contribution in [0.1, 0.15) is 29.9 Å². The smallest absolute Gasteiger partial charge is 0.293 e. The van der Waals surface area contributed by atoms with Gasteiger partial charge in [0, 0.05) is 0 Å². The largest absolute Gasteiger partial charge is 0.322 e. The van der Waals surface area contributed by atoms with Gasteiger partial charge >= 0.3 is 5.91 Å². The quantitative estimate of drug-likeness (QED) is 0.874.